The van der Waals surface area contributed by atoms with Crippen molar-refractivity contribution in [1.82, 2.24) is 0 Å². The van der Waals surface area contributed by atoms with Gasteiger partial charge in [-0.25, -0.2) is 4.79 Å². The van der Waals surface area contributed by atoms with Crippen molar-refractivity contribution in [3.8, 4) is 17.2 Å². The van der Waals surface area contributed by atoms with E-state index in [4.69, 9.17) is 14.2 Å². The van der Waals surface area contributed by atoms with Gasteiger partial charge in [0.1, 0.15) is 22.8 Å². The van der Waals surface area contributed by atoms with Crippen molar-refractivity contribution in [1.29, 1.82) is 0 Å². The summed E-state index contributed by atoms with van der Waals surface area (Å²) < 4.78 is 17.2. The van der Waals surface area contributed by atoms with Crippen LogP contribution < -0.4 is 14.2 Å². The number of benzene rings is 3. The first-order valence-corrected chi connectivity index (χ1v) is 9.27. The molecule has 5 heteroatoms. The number of methoxy groups -OCH3 is 1. The number of halogens is 1. The zero-order valence-corrected chi connectivity index (χ0v) is 16.4. The molecule has 0 amide bonds. The molecule has 0 unspecified atom stereocenters. The van der Waals surface area contributed by atoms with E-state index in [-0.39, 0.29) is 0 Å². The van der Waals surface area contributed by atoms with Gasteiger partial charge >= 0.3 is 5.97 Å². The van der Waals surface area contributed by atoms with Crippen LogP contribution in [0.4, 0.5) is 0 Å². The van der Waals surface area contributed by atoms with Gasteiger partial charge in [-0.1, -0.05) is 46.3 Å². The zero-order chi connectivity index (χ0) is 19.1. The zero-order valence-electron chi connectivity index (χ0n) is 14.9. The Kier molecular flexibility index (Phi) is 6.49. The van der Waals surface area contributed by atoms with Gasteiger partial charge < -0.3 is 14.2 Å². The Morgan fingerprint density at radius 1 is 0.926 bits per heavy atom. The standard InChI is InChI=1S/C22H19BrO4/c1-25-18-8-10-19(11-9-18)27-22(24)20-15-17(23)7-12-21(20)26-14-13-16-5-3-2-4-6-16/h2-12,15H,13-14H2,1H3. The van der Waals surface area contributed by atoms with E-state index in [0.29, 0.717) is 29.4 Å². The largest absolute Gasteiger partial charge is 0.497 e. The maximum absolute atomic E-state index is 12.6. The Morgan fingerprint density at radius 3 is 2.33 bits per heavy atom. The SMILES string of the molecule is COc1ccc(OC(=O)c2cc(Br)ccc2OCCc2ccccc2)cc1. The van der Waals surface area contributed by atoms with Gasteiger partial charge in [0.25, 0.3) is 0 Å². The van der Waals surface area contributed by atoms with Crippen molar-refractivity contribution in [2.24, 2.45) is 0 Å². The van der Waals surface area contributed by atoms with Crippen LogP contribution in [0.15, 0.2) is 77.3 Å². The second-order valence-electron chi connectivity index (χ2n) is 5.79. The summed E-state index contributed by atoms with van der Waals surface area (Å²) in [6, 6.07) is 22.2. The van der Waals surface area contributed by atoms with E-state index in [1.165, 1.54) is 5.56 Å². The molecule has 0 aromatic heterocycles. The molecule has 0 aliphatic carbocycles. The fourth-order valence-electron chi connectivity index (χ4n) is 2.52. The average Bonchev–Trinajstić information content (AvgIpc) is 2.70. The third-order valence-electron chi connectivity index (χ3n) is 3.92. The van der Waals surface area contributed by atoms with Crippen LogP contribution in [0.1, 0.15) is 15.9 Å². The molecule has 0 heterocycles. The minimum atomic E-state index is -0.476. The number of hydrogen-bond donors (Lipinski definition) is 0. The summed E-state index contributed by atoms with van der Waals surface area (Å²) in [4.78, 5) is 12.6. The molecule has 0 atom stereocenters. The molecule has 0 N–H and O–H groups in total. The van der Waals surface area contributed by atoms with Gasteiger partial charge in [0, 0.05) is 10.9 Å². The predicted octanol–water partition coefficient (Wildman–Crippen LogP) is 5.30. The van der Waals surface area contributed by atoms with E-state index in [0.717, 1.165) is 10.9 Å². The molecule has 3 rings (SSSR count). The molecule has 0 radical (unpaired) electrons. The average molecular weight is 427 g/mol. The predicted molar refractivity (Wildman–Crippen MR) is 108 cm³/mol. The first-order chi connectivity index (χ1) is 13.2. The summed E-state index contributed by atoms with van der Waals surface area (Å²) in [6.07, 6.45) is 0.754. The lowest BCUT2D eigenvalue weighted by molar-refractivity contribution is 0.0730. The van der Waals surface area contributed by atoms with Crippen molar-refractivity contribution in [3.05, 3.63) is 88.4 Å². The second kappa shape index (κ2) is 9.24. The normalized spacial score (nSPS) is 10.3. The van der Waals surface area contributed by atoms with Gasteiger partial charge in [-0.3, -0.25) is 0 Å². The monoisotopic (exact) mass is 426 g/mol. The lowest BCUT2D eigenvalue weighted by atomic mass is 10.1. The van der Waals surface area contributed by atoms with Gasteiger partial charge in [-0.05, 0) is 48.0 Å². The maximum Gasteiger partial charge on any atom is 0.347 e. The Labute approximate surface area is 166 Å². The van der Waals surface area contributed by atoms with Crippen molar-refractivity contribution in [2.45, 2.75) is 6.42 Å². The first kappa shape index (κ1) is 19.0. The van der Waals surface area contributed by atoms with Gasteiger partial charge in [-0.15, -0.1) is 0 Å². The van der Waals surface area contributed by atoms with E-state index in [2.05, 4.69) is 15.9 Å². The molecule has 4 nitrogen and oxygen atoms in total. The molecule has 0 bridgehead atoms. The molecule has 0 aliphatic rings. The van der Waals surface area contributed by atoms with Crippen LogP contribution in [0.5, 0.6) is 17.2 Å². The number of carbonyl (C=O) groups excluding carboxylic acids is 1. The summed E-state index contributed by atoms with van der Waals surface area (Å²) in [5.41, 5.74) is 1.55. The van der Waals surface area contributed by atoms with Crippen LogP contribution in [0, 0.1) is 0 Å². The van der Waals surface area contributed by atoms with Crippen LogP contribution in [0.3, 0.4) is 0 Å². The van der Waals surface area contributed by atoms with Crippen LogP contribution in [-0.4, -0.2) is 19.7 Å². The van der Waals surface area contributed by atoms with Crippen molar-refractivity contribution < 1.29 is 19.0 Å². The lowest BCUT2D eigenvalue weighted by Gasteiger charge is -2.12. The van der Waals surface area contributed by atoms with Crippen molar-refractivity contribution in [2.75, 3.05) is 13.7 Å². The third-order valence-corrected chi connectivity index (χ3v) is 4.42. The van der Waals surface area contributed by atoms with E-state index in [1.54, 1.807) is 43.5 Å². The van der Waals surface area contributed by atoms with Gasteiger partial charge in [0.2, 0.25) is 0 Å². The lowest BCUT2D eigenvalue weighted by Crippen LogP contribution is -2.12. The van der Waals surface area contributed by atoms with Crippen LogP contribution in [0.2, 0.25) is 0 Å². The molecular weight excluding hydrogens is 408 g/mol. The van der Waals surface area contributed by atoms with E-state index in [1.807, 2.05) is 36.4 Å². The molecule has 0 spiro atoms. The Hall–Kier alpha value is -2.79. The third kappa shape index (κ3) is 5.34. The van der Waals surface area contributed by atoms with E-state index < -0.39 is 5.97 Å². The molecule has 0 saturated carbocycles. The number of esters is 1. The van der Waals surface area contributed by atoms with Crippen molar-refractivity contribution in [3.63, 3.8) is 0 Å². The summed E-state index contributed by atoms with van der Waals surface area (Å²) >= 11 is 3.39. The van der Waals surface area contributed by atoms with Gasteiger partial charge in [0.05, 0.1) is 13.7 Å². The minimum Gasteiger partial charge on any atom is -0.497 e. The smallest absolute Gasteiger partial charge is 0.347 e. The first-order valence-electron chi connectivity index (χ1n) is 8.48. The summed E-state index contributed by atoms with van der Waals surface area (Å²) in [5, 5.41) is 0. The number of rotatable bonds is 7. The summed E-state index contributed by atoms with van der Waals surface area (Å²) in [5.74, 6) is 1.15. The fraction of sp³-hybridized carbons (Fsp3) is 0.136. The molecule has 27 heavy (non-hydrogen) atoms. The summed E-state index contributed by atoms with van der Waals surface area (Å²) in [7, 11) is 1.58. The fourth-order valence-corrected chi connectivity index (χ4v) is 2.88. The molecular formula is C22H19BrO4. The number of carbonyl (C=O) groups is 1. The van der Waals surface area contributed by atoms with Gasteiger partial charge in [0.15, 0.2) is 0 Å². The van der Waals surface area contributed by atoms with E-state index in [9.17, 15) is 4.79 Å². The highest BCUT2D eigenvalue weighted by Crippen LogP contribution is 2.26. The topological polar surface area (TPSA) is 44.8 Å². The number of ether oxygens (including phenoxy) is 3. The summed E-state index contributed by atoms with van der Waals surface area (Å²) in [6.45, 7) is 0.467. The highest BCUT2D eigenvalue weighted by molar-refractivity contribution is 9.10. The number of hydrogen-bond acceptors (Lipinski definition) is 4. The van der Waals surface area contributed by atoms with Crippen LogP contribution >= 0.6 is 15.9 Å². The Morgan fingerprint density at radius 2 is 1.63 bits per heavy atom. The molecule has 138 valence electrons. The Bertz CT molecular complexity index is 892. The highest BCUT2D eigenvalue weighted by atomic mass is 79.9. The van der Waals surface area contributed by atoms with Crippen LogP contribution in [0.25, 0.3) is 0 Å². The molecule has 0 fully saturated rings. The molecule has 0 saturated heterocycles. The second-order valence-corrected chi connectivity index (χ2v) is 6.71. The molecule has 3 aromatic rings. The quantitative estimate of drug-likeness (QED) is 0.379. The maximum atomic E-state index is 12.6. The highest BCUT2D eigenvalue weighted by Gasteiger charge is 2.16. The van der Waals surface area contributed by atoms with Crippen molar-refractivity contribution >= 4 is 21.9 Å². The van der Waals surface area contributed by atoms with Gasteiger partial charge in [-0.2, -0.15) is 0 Å². The molecule has 3 aromatic carbocycles. The minimum absolute atomic E-state index is 0.369. The molecule has 0 aliphatic heterocycles. The van der Waals surface area contributed by atoms with Crippen LogP contribution in [-0.2, 0) is 6.42 Å². The Balaban J connectivity index is 1.69. The van der Waals surface area contributed by atoms with E-state index >= 15 is 0 Å².